The Morgan fingerprint density at radius 2 is 2.17 bits per heavy atom. The Bertz CT molecular complexity index is 448. The van der Waals surface area contributed by atoms with Crippen LogP contribution in [0.4, 0.5) is 5.69 Å². The molecule has 0 heterocycles. The van der Waals surface area contributed by atoms with Crippen molar-refractivity contribution in [2.75, 3.05) is 7.11 Å². The Labute approximate surface area is 104 Å². The number of ether oxygens (including phenoxy) is 2. The molecule has 0 saturated heterocycles. The van der Waals surface area contributed by atoms with E-state index in [0.717, 1.165) is 12.8 Å². The van der Waals surface area contributed by atoms with Gasteiger partial charge in [-0.3, -0.25) is 10.1 Å². The number of benzene rings is 1. The zero-order valence-corrected chi connectivity index (χ0v) is 10.0. The van der Waals surface area contributed by atoms with Crippen LogP contribution in [0, 0.1) is 10.1 Å². The smallest absolute Gasteiger partial charge is 0.273 e. The molecule has 2 rings (SSSR count). The molecule has 18 heavy (non-hydrogen) atoms. The molecule has 1 aliphatic rings. The summed E-state index contributed by atoms with van der Waals surface area (Å²) in [5.74, 6) is 0.734. The second-order valence-corrected chi connectivity index (χ2v) is 4.25. The first-order valence-corrected chi connectivity index (χ1v) is 5.79. The predicted octanol–water partition coefficient (Wildman–Crippen LogP) is 1.90. The first kappa shape index (κ1) is 12.6. The third kappa shape index (κ3) is 2.53. The second kappa shape index (κ2) is 5.22. The van der Waals surface area contributed by atoms with Crippen LogP contribution in [-0.4, -0.2) is 29.3 Å². The molecule has 6 heteroatoms. The number of methoxy groups -OCH3 is 1. The molecule has 0 amide bonds. The van der Waals surface area contributed by atoms with Crippen LogP contribution in [0.2, 0.25) is 0 Å². The van der Waals surface area contributed by atoms with Gasteiger partial charge in [0.1, 0.15) is 6.10 Å². The number of hydrogen-bond donors (Lipinski definition) is 1. The van der Waals surface area contributed by atoms with E-state index in [2.05, 4.69) is 0 Å². The van der Waals surface area contributed by atoms with Crippen LogP contribution in [0.5, 0.6) is 11.5 Å². The lowest BCUT2D eigenvalue weighted by molar-refractivity contribution is -0.385. The Kier molecular flexibility index (Phi) is 3.66. The van der Waals surface area contributed by atoms with E-state index in [4.69, 9.17) is 9.47 Å². The number of aliphatic hydroxyl groups is 1. The van der Waals surface area contributed by atoms with Gasteiger partial charge >= 0.3 is 0 Å². The van der Waals surface area contributed by atoms with E-state index < -0.39 is 11.0 Å². The topological polar surface area (TPSA) is 81.8 Å². The maximum Gasteiger partial charge on any atom is 0.273 e. The van der Waals surface area contributed by atoms with Crippen molar-refractivity contribution in [1.82, 2.24) is 0 Å². The van der Waals surface area contributed by atoms with E-state index in [1.165, 1.54) is 25.3 Å². The molecule has 1 fully saturated rings. The monoisotopic (exact) mass is 253 g/mol. The minimum absolute atomic E-state index is 0.0571. The minimum atomic E-state index is -0.519. The van der Waals surface area contributed by atoms with Gasteiger partial charge in [-0.25, -0.2) is 0 Å². The molecule has 2 atom stereocenters. The summed E-state index contributed by atoms with van der Waals surface area (Å²) in [5.41, 5.74) is -0.0571. The molecule has 0 radical (unpaired) electrons. The van der Waals surface area contributed by atoms with Crippen molar-refractivity contribution in [3.8, 4) is 11.5 Å². The molecule has 1 aliphatic carbocycles. The van der Waals surface area contributed by atoms with Gasteiger partial charge in [-0.2, -0.15) is 0 Å². The zero-order chi connectivity index (χ0) is 13.1. The van der Waals surface area contributed by atoms with Gasteiger partial charge in [-0.1, -0.05) is 0 Å². The van der Waals surface area contributed by atoms with Crippen LogP contribution in [0.1, 0.15) is 19.3 Å². The second-order valence-electron chi connectivity index (χ2n) is 4.25. The highest BCUT2D eigenvalue weighted by Gasteiger charge is 2.28. The standard InChI is InChI=1S/C12H15NO5/c1-17-11-6-5-8(13(15)16)7-12(11)18-10-4-2-3-9(10)14/h5-7,9-10,14H,2-4H2,1H3/t9-,10-/m1/s1. The molecule has 0 aromatic heterocycles. The van der Waals surface area contributed by atoms with E-state index in [1.54, 1.807) is 0 Å². The van der Waals surface area contributed by atoms with Gasteiger partial charge in [0, 0.05) is 6.07 Å². The Balaban J connectivity index is 2.23. The van der Waals surface area contributed by atoms with Crippen molar-refractivity contribution in [2.45, 2.75) is 31.5 Å². The van der Waals surface area contributed by atoms with Crippen molar-refractivity contribution in [1.29, 1.82) is 0 Å². The molecule has 0 spiro atoms. The molecular weight excluding hydrogens is 238 g/mol. The lowest BCUT2D eigenvalue weighted by Gasteiger charge is -2.18. The van der Waals surface area contributed by atoms with Crippen LogP contribution in [0.25, 0.3) is 0 Å². The van der Waals surface area contributed by atoms with E-state index in [0.29, 0.717) is 17.9 Å². The van der Waals surface area contributed by atoms with Crippen molar-refractivity contribution in [3.63, 3.8) is 0 Å². The molecule has 1 aromatic rings. The summed E-state index contributed by atoms with van der Waals surface area (Å²) in [6.45, 7) is 0. The molecule has 0 aliphatic heterocycles. The van der Waals surface area contributed by atoms with E-state index in [-0.39, 0.29) is 11.8 Å². The summed E-state index contributed by atoms with van der Waals surface area (Å²) in [7, 11) is 1.47. The predicted molar refractivity (Wildman–Crippen MR) is 63.9 cm³/mol. The third-order valence-corrected chi connectivity index (χ3v) is 3.05. The Hall–Kier alpha value is -1.82. The highest BCUT2D eigenvalue weighted by atomic mass is 16.6. The normalized spacial score (nSPS) is 22.8. The van der Waals surface area contributed by atoms with E-state index in [9.17, 15) is 15.2 Å². The number of non-ortho nitro benzene ring substituents is 1. The minimum Gasteiger partial charge on any atom is -0.493 e. The van der Waals surface area contributed by atoms with Crippen molar-refractivity contribution in [3.05, 3.63) is 28.3 Å². The first-order valence-electron chi connectivity index (χ1n) is 5.79. The fraction of sp³-hybridized carbons (Fsp3) is 0.500. The van der Waals surface area contributed by atoms with Gasteiger partial charge in [0.25, 0.3) is 5.69 Å². The van der Waals surface area contributed by atoms with Crippen LogP contribution >= 0.6 is 0 Å². The molecule has 1 N–H and O–H groups in total. The number of rotatable bonds is 4. The van der Waals surface area contributed by atoms with Crippen LogP contribution < -0.4 is 9.47 Å². The third-order valence-electron chi connectivity index (χ3n) is 3.05. The molecule has 98 valence electrons. The van der Waals surface area contributed by atoms with Crippen molar-refractivity contribution < 1.29 is 19.5 Å². The first-order chi connectivity index (χ1) is 8.61. The van der Waals surface area contributed by atoms with Gasteiger partial charge in [-0.05, 0) is 25.3 Å². The summed E-state index contributed by atoms with van der Waals surface area (Å²) in [6.07, 6.45) is 1.49. The van der Waals surface area contributed by atoms with E-state index in [1.807, 2.05) is 0 Å². The number of aliphatic hydroxyl groups excluding tert-OH is 1. The van der Waals surface area contributed by atoms with Crippen LogP contribution in [0.15, 0.2) is 18.2 Å². The average molecular weight is 253 g/mol. The maximum atomic E-state index is 10.7. The summed E-state index contributed by atoms with van der Waals surface area (Å²) in [5, 5.41) is 20.4. The quantitative estimate of drug-likeness (QED) is 0.654. The fourth-order valence-corrected chi connectivity index (χ4v) is 2.08. The molecule has 1 saturated carbocycles. The average Bonchev–Trinajstić information content (AvgIpc) is 2.75. The summed E-state index contributed by atoms with van der Waals surface area (Å²) in [6, 6.07) is 4.18. The summed E-state index contributed by atoms with van der Waals surface area (Å²) >= 11 is 0. The number of hydrogen-bond acceptors (Lipinski definition) is 5. The molecule has 0 unspecified atom stereocenters. The van der Waals surface area contributed by atoms with E-state index >= 15 is 0 Å². The van der Waals surface area contributed by atoms with Gasteiger partial charge in [0.05, 0.1) is 24.2 Å². The molecule has 6 nitrogen and oxygen atoms in total. The maximum absolute atomic E-state index is 10.7. The lowest BCUT2D eigenvalue weighted by Crippen LogP contribution is -2.25. The summed E-state index contributed by atoms with van der Waals surface area (Å²) < 4.78 is 10.7. The molecule has 0 bridgehead atoms. The Morgan fingerprint density at radius 3 is 2.72 bits per heavy atom. The largest absolute Gasteiger partial charge is 0.493 e. The number of nitro benzene ring substituents is 1. The van der Waals surface area contributed by atoms with Crippen molar-refractivity contribution in [2.24, 2.45) is 0 Å². The number of nitrogens with zero attached hydrogens (tertiary/aromatic N) is 1. The van der Waals surface area contributed by atoms with Crippen LogP contribution in [0.3, 0.4) is 0 Å². The fourth-order valence-electron chi connectivity index (χ4n) is 2.08. The van der Waals surface area contributed by atoms with Gasteiger partial charge in [-0.15, -0.1) is 0 Å². The molecule has 1 aromatic carbocycles. The van der Waals surface area contributed by atoms with Gasteiger partial charge in [0.15, 0.2) is 11.5 Å². The van der Waals surface area contributed by atoms with Gasteiger partial charge < -0.3 is 14.6 Å². The Morgan fingerprint density at radius 1 is 1.39 bits per heavy atom. The number of nitro groups is 1. The van der Waals surface area contributed by atoms with Crippen LogP contribution in [-0.2, 0) is 0 Å². The highest BCUT2D eigenvalue weighted by molar-refractivity contribution is 5.48. The summed E-state index contributed by atoms with van der Waals surface area (Å²) in [4.78, 5) is 10.2. The van der Waals surface area contributed by atoms with Crippen molar-refractivity contribution >= 4 is 5.69 Å². The SMILES string of the molecule is COc1ccc([N+](=O)[O-])cc1O[C@@H]1CCC[C@H]1O. The lowest BCUT2D eigenvalue weighted by atomic mass is 10.2. The van der Waals surface area contributed by atoms with Gasteiger partial charge in [0.2, 0.25) is 0 Å². The highest BCUT2D eigenvalue weighted by Crippen LogP contribution is 2.34. The molecular formula is C12H15NO5. The zero-order valence-electron chi connectivity index (χ0n) is 10.0.